The lowest BCUT2D eigenvalue weighted by atomic mass is 10.1. The van der Waals surface area contributed by atoms with Crippen molar-refractivity contribution >= 4 is 29.9 Å². The first-order valence-electron chi connectivity index (χ1n) is 9.39. The quantitative estimate of drug-likeness (QED) is 0.351. The third kappa shape index (κ3) is 6.20. The summed E-state index contributed by atoms with van der Waals surface area (Å²) in [7, 11) is 1.91. The molecule has 3 rings (SSSR count). The maximum absolute atomic E-state index is 13.8. The van der Waals surface area contributed by atoms with Crippen LogP contribution in [-0.2, 0) is 6.54 Å². The molecule has 0 saturated carbocycles. The predicted molar refractivity (Wildman–Crippen MR) is 122 cm³/mol. The van der Waals surface area contributed by atoms with Gasteiger partial charge in [-0.15, -0.1) is 24.0 Å². The molecule has 2 N–H and O–H groups in total. The van der Waals surface area contributed by atoms with Crippen LogP contribution in [0.15, 0.2) is 47.5 Å². The lowest BCUT2D eigenvalue weighted by Gasteiger charge is -2.24. The van der Waals surface area contributed by atoms with Gasteiger partial charge in [-0.3, -0.25) is 4.99 Å². The predicted octanol–water partition coefficient (Wildman–Crippen LogP) is 3.35. The van der Waals surface area contributed by atoms with Crippen LogP contribution in [0.4, 0.5) is 4.39 Å². The fourth-order valence-corrected chi connectivity index (χ4v) is 3.02. The molecule has 0 amide bonds. The Morgan fingerprint density at radius 1 is 1.21 bits per heavy atom. The Labute approximate surface area is 187 Å². The number of aliphatic imine (C=N–C) groups is 1. The van der Waals surface area contributed by atoms with Crippen molar-refractivity contribution in [3.63, 3.8) is 0 Å². The van der Waals surface area contributed by atoms with Gasteiger partial charge in [-0.25, -0.2) is 4.39 Å². The Bertz CT molecular complexity index is 835. The number of nitrogens with zero attached hydrogens (tertiary/aromatic N) is 2. The number of fused-ring (bicyclic) bond motifs is 1. The highest BCUT2D eigenvalue weighted by atomic mass is 127. The van der Waals surface area contributed by atoms with E-state index in [1.54, 1.807) is 18.2 Å². The normalized spacial score (nSPS) is 14.0. The van der Waals surface area contributed by atoms with Gasteiger partial charge < -0.3 is 24.8 Å². The zero-order chi connectivity index (χ0) is 19.9. The lowest BCUT2D eigenvalue weighted by Crippen LogP contribution is -2.38. The van der Waals surface area contributed by atoms with Crippen molar-refractivity contribution in [2.45, 2.75) is 19.6 Å². The van der Waals surface area contributed by atoms with Crippen molar-refractivity contribution in [3.8, 4) is 11.5 Å². The van der Waals surface area contributed by atoms with E-state index in [9.17, 15) is 9.50 Å². The zero-order valence-corrected chi connectivity index (χ0v) is 18.9. The van der Waals surface area contributed by atoms with Gasteiger partial charge >= 0.3 is 0 Å². The molecule has 0 radical (unpaired) electrons. The second-order valence-electron chi connectivity index (χ2n) is 6.57. The number of rotatable bonds is 6. The summed E-state index contributed by atoms with van der Waals surface area (Å²) in [5.41, 5.74) is 1.29. The van der Waals surface area contributed by atoms with Gasteiger partial charge in [-0.05, 0) is 30.7 Å². The molecular weight excluding hydrogens is 488 g/mol. The Kier molecular flexibility index (Phi) is 8.97. The van der Waals surface area contributed by atoms with E-state index < -0.39 is 11.9 Å². The zero-order valence-electron chi connectivity index (χ0n) is 16.6. The highest BCUT2D eigenvalue weighted by Gasteiger charge is 2.15. The van der Waals surface area contributed by atoms with Crippen LogP contribution >= 0.6 is 24.0 Å². The number of aliphatic hydroxyl groups excluding tert-OH is 1. The molecule has 1 aliphatic heterocycles. The smallest absolute Gasteiger partial charge is 0.194 e. The molecule has 29 heavy (non-hydrogen) atoms. The van der Waals surface area contributed by atoms with E-state index in [1.807, 2.05) is 37.1 Å². The number of hydrogen-bond donors (Lipinski definition) is 2. The number of aliphatic hydroxyl groups is 1. The minimum Gasteiger partial charge on any atom is -0.486 e. The Balaban J connectivity index is 0.00000300. The molecule has 0 bridgehead atoms. The number of nitrogens with one attached hydrogen (secondary N) is 1. The standard InChI is InChI=1S/C21H26FN3O3.HI/c1-3-23-21(24-13-18(26)16-6-4-5-7-17(16)22)25(2)14-15-8-9-19-20(12-15)28-11-10-27-19;/h4-9,12,18,26H,3,10-11,13-14H2,1-2H3,(H,23,24);1H. The number of guanidine groups is 1. The molecule has 2 aromatic rings. The fraction of sp³-hybridized carbons (Fsp3) is 0.381. The van der Waals surface area contributed by atoms with E-state index in [2.05, 4.69) is 10.3 Å². The largest absolute Gasteiger partial charge is 0.486 e. The fourth-order valence-electron chi connectivity index (χ4n) is 3.02. The number of benzene rings is 2. The summed E-state index contributed by atoms with van der Waals surface area (Å²) < 4.78 is 25.0. The second kappa shape index (κ2) is 11.2. The Morgan fingerprint density at radius 3 is 2.66 bits per heavy atom. The highest BCUT2D eigenvalue weighted by Crippen LogP contribution is 2.31. The summed E-state index contributed by atoms with van der Waals surface area (Å²) in [5, 5.41) is 13.5. The van der Waals surface area contributed by atoms with Crippen LogP contribution in [0.3, 0.4) is 0 Å². The van der Waals surface area contributed by atoms with Crippen molar-refractivity contribution in [2.24, 2.45) is 4.99 Å². The first kappa shape index (κ1) is 23.2. The van der Waals surface area contributed by atoms with E-state index >= 15 is 0 Å². The third-order valence-corrected chi connectivity index (χ3v) is 4.40. The van der Waals surface area contributed by atoms with Gasteiger partial charge in [0.15, 0.2) is 17.5 Å². The minimum atomic E-state index is -1.00. The lowest BCUT2D eigenvalue weighted by molar-refractivity contribution is 0.171. The monoisotopic (exact) mass is 515 g/mol. The molecule has 1 heterocycles. The number of hydrogen-bond acceptors (Lipinski definition) is 4. The molecule has 1 atom stereocenters. The average Bonchev–Trinajstić information content (AvgIpc) is 2.71. The summed E-state index contributed by atoms with van der Waals surface area (Å²) in [4.78, 5) is 6.42. The Hall–Kier alpha value is -2.07. The minimum absolute atomic E-state index is 0. The Morgan fingerprint density at radius 2 is 1.93 bits per heavy atom. The molecule has 1 aliphatic rings. The maximum Gasteiger partial charge on any atom is 0.194 e. The summed E-state index contributed by atoms with van der Waals surface area (Å²) >= 11 is 0. The molecule has 1 unspecified atom stereocenters. The molecule has 0 spiro atoms. The van der Waals surface area contributed by atoms with Gasteiger partial charge in [0.05, 0.1) is 6.54 Å². The van der Waals surface area contributed by atoms with Gasteiger partial charge in [0.2, 0.25) is 0 Å². The van der Waals surface area contributed by atoms with Gasteiger partial charge in [-0.1, -0.05) is 24.3 Å². The molecule has 8 heteroatoms. The molecule has 0 aromatic heterocycles. The van der Waals surface area contributed by atoms with E-state index in [0.29, 0.717) is 32.3 Å². The van der Waals surface area contributed by atoms with Crippen LogP contribution in [0.5, 0.6) is 11.5 Å². The van der Waals surface area contributed by atoms with E-state index in [4.69, 9.17) is 9.47 Å². The van der Waals surface area contributed by atoms with Crippen LogP contribution in [0, 0.1) is 5.82 Å². The van der Waals surface area contributed by atoms with Crippen LogP contribution in [0.25, 0.3) is 0 Å². The molecule has 2 aromatic carbocycles. The SMILES string of the molecule is CCNC(=NCC(O)c1ccccc1F)N(C)Cc1ccc2c(c1)OCCO2.I. The summed E-state index contributed by atoms with van der Waals surface area (Å²) in [6.07, 6.45) is -1.00. The van der Waals surface area contributed by atoms with Gasteiger partial charge in [-0.2, -0.15) is 0 Å². The summed E-state index contributed by atoms with van der Waals surface area (Å²) in [6, 6.07) is 12.1. The van der Waals surface area contributed by atoms with Crippen LogP contribution in [0.2, 0.25) is 0 Å². The third-order valence-electron chi connectivity index (χ3n) is 4.40. The van der Waals surface area contributed by atoms with Crippen molar-refractivity contribution in [1.29, 1.82) is 0 Å². The molecule has 0 aliphatic carbocycles. The first-order chi connectivity index (χ1) is 13.6. The first-order valence-corrected chi connectivity index (χ1v) is 9.39. The second-order valence-corrected chi connectivity index (χ2v) is 6.57. The molecule has 0 saturated heterocycles. The van der Waals surface area contributed by atoms with Crippen molar-refractivity contribution in [1.82, 2.24) is 10.2 Å². The number of halogens is 2. The van der Waals surface area contributed by atoms with E-state index in [-0.39, 0.29) is 36.1 Å². The topological polar surface area (TPSA) is 66.3 Å². The van der Waals surface area contributed by atoms with Gasteiger partial charge in [0, 0.05) is 25.7 Å². The maximum atomic E-state index is 13.8. The van der Waals surface area contributed by atoms with E-state index in [0.717, 1.165) is 17.1 Å². The van der Waals surface area contributed by atoms with Crippen molar-refractivity contribution in [3.05, 3.63) is 59.4 Å². The van der Waals surface area contributed by atoms with Crippen molar-refractivity contribution in [2.75, 3.05) is 33.4 Å². The molecule has 6 nitrogen and oxygen atoms in total. The summed E-state index contributed by atoms with van der Waals surface area (Å²) in [5.74, 6) is 1.70. The van der Waals surface area contributed by atoms with Gasteiger partial charge in [0.1, 0.15) is 25.1 Å². The molecule has 158 valence electrons. The van der Waals surface area contributed by atoms with Gasteiger partial charge in [0.25, 0.3) is 0 Å². The average molecular weight is 515 g/mol. The van der Waals surface area contributed by atoms with Crippen LogP contribution in [-0.4, -0.2) is 49.3 Å². The summed E-state index contributed by atoms with van der Waals surface area (Å²) in [6.45, 7) is 4.42. The van der Waals surface area contributed by atoms with Crippen LogP contribution < -0.4 is 14.8 Å². The number of ether oxygens (including phenoxy) is 2. The van der Waals surface area contributed by atoms with Crippen molar-refractivity contribution < 1.29 is 19.0 Å². The molecule has 0 fully saturated rings. The van der Waals surface area contributed by atoms with E-state index in [1.165, 1.54) is 6.07 Å². The molecular formula is C21H27FIN3O3. The highest BCUT2D eigenvalue weighted by molar-refractivity contribution is 14.0. The van der Waals surface area contributed by atoms with Crippen LogP contribution in [0.1, 0.15) is 24.2 Å².